The maximum absolute atomic E-state index is 11.2. The molecule has 0 radical (unpaired) electrons. The van der Waals surface area contributed by atoms with Gasteiger partial charge in [0.15, 0.2) is 5.58 Å². The standard InChI is InChI=1S/C14H19N3O2/c1-17(2)13(10-5-6-15-8-10)9-3-4-12-11(7-9)16-14(18)19-12/h3-4,7,10,13,15H,5-6,8H2,1-2H3,(H,16,18). The molecule has 3 rings (SSSR count). The second kappa shape index (κ2) is 4.83. The van der Waals surface area contributed by atoms with Crippen LogP contribution in [-0.4, -0.2) is 37.1 Å². The van der Waals surface area contributed by atoms with Crippen LogP contribution in [0.2, 0.25) is 0 Å². The highest BCUT2D eigenvalue weighted by Crippen LogP contribution is 2.32. The number of fused-ring (bicyclic) bond motifs is 1. The summed E-state index contributed by atoms with van der Waals surface area (Å²) in [4.78, 5) is 16.2. The van der Waals surface area contributed by atoms with Crippen molar-refractivity contribution in [3.8, 4) is 0 Å². The minimum atomic E-state index is -0.393. The SMILES string of the molecule is CN(C)C(c1ccc2oc(=O)[nH]c2c1)C1CCNC1. The normalized spacial score (nSPS) is 21.3. The summed E-state index contributed by atoms with van der Waals surface area (Å²) < 4.78 is 5.05. The highest BCUT2D eigenvalue weighted by atomic mass is 16.4. The minimum Gasteiger partial charge on any atom is -0.408 e. The minimum absolute atomic E-state index is 0.359. The lowest BCUT2D eigenvalue weighted by atomic mass is 9.91. The highest BCUT2D eigenvalue weighted by Gasteiger charge is 2.28. The Balaban J connectivity index is 2.01. The molecule has 0 aliphatic carbocycles. The first kappa shape index (κ1) is 12.4. The van der Waals surface area contributed by atoms with Gasteiger partial charge in [0.1, 0.15) is 0 Å². The Morgan fingerprint density at radius 2 is 2.26 bits per heavy atom. The highest BCUT2D eigenvalue weighted by molar-refractivity contribution is 5.72. The summed E-state index contributed by atoms with van der Waals surface area (Å²) in [5, 5.41) is 3.42. The Bertz CT molecular complexity index is 623. The number of nitrogens with zero attached hydrogens (tertiary/aromatic N) is 1. The van der Waals surface area contributed by atoms with Crippen molar-refractivity contribution in [3.05, 3.63) is 34.3 Å². The third-order valence-corrected chi connectivity index (χ3v) is 3.89. The van der Waals surface area contributed by atoms with Crippen molar-refractivity contribution < 1.29 is 4.42 Å². The molecule has 1 aliphatic heterocycles. The molecule has 0 amide bonds. The molecule has 102 valence electrons. The van der Waals surface area contributed by atoms with E-state index in [0.717, 1.165) is 18.6 Å². The van der Waals surface area contributed by atoms with Gasteiger partial charge in [0, 0.05) is 6.04 Å². The Morgan fingerprint density at radius 3 is 2.95 bits per heavy atom. The molecule has 2 unspecified atom stereocenters. The van der Waals surface area contributed by atoms with E-state index in [-0.39, 0.29) is 0 Å². The molecular formula is C14H19N3O2. The number of hydrogen-bond donors (Lipinski definition) is 2. The van der Waals surface area contributed by atoms with Crippen LogP contribution in [0.1, 0.15) is 18.0 Å². The van der Waals surface area contributed by atoms with Gasteiger partial charge in [0.2, 0.25) is 0 Å². The first-order valence-corrected chi connectivity index (χ1v) is 6.65. The number of hydrogen-bond acceptors (Lipinski definition) is 4. The first-order chi connectivity index (χ1) is 9.15. The maximum Gasteiger partial charge on any atom is 0.417 e. The van der Waals surface area contributed by atoms with Crippen LogP contribution in [0, 0.1) is 5.92 Å². The first-order valence-electron chi connectivity index (χ1n) is 6.65. The molecule has 1 aromatic carbocycles. The lowest BCUT2D eigenvalue weighted by molar-refractivity contribution is 0.223. The molecule has 2 atom stereocenters. The largest absolute Gasteiger partial charge is 0.417 e. The molecule has 1 aliphatic rings. The number of benzene rings is 1. The van der Waals surface area contributed by atoms with Crippen LogP contribution in [0.3, 0.4) is 0 Å². The maximum atomic E-state index is 11.2. The number of oxazole rings is 1. The number of rotatable bonds is 3. The van der Waals surface area contributed by atoms with Crippen molar-refractivity contribution in [3.63, 3.8) is 0 Å². The molecule has 19 heavy (non-hydrogen) atoms. The molecule has 2 aromatic rings. The molecule has 2 heterocycles. The second-order valence-corrected chi connectivity index (χ2v) is 5.43. The fraction of sp³-hybridized carbons (Fsp3) is 0.500. The average Bonchev–Trinajstić information content (AvgIpc) is 2.96. The van der Waals surface area contributed by atoms with Gasteiger partial charge in [-0.3, -0.25) is 4.98 Å². The quantitative estimate of drug-likeness (QED) is 0.875. The van der Waals surface area contributed by atoms with E-state index < -0.39 is 5.76 Å². The zero-order valence-electron chi connectivity index (χ0n) is 11.3. The molecule has 5 nitrogen and oxygen atoms in total. The summed E-state index contributed by atoms with van der Waals surface area (Å²) >= 11 is 0. The van der Waals surface area contributed by atoms with Gasteiger partial charge >= 0.3 is 5.76 Å². The van der Waals surface area contributed by atoms with Crippen LogP contribution in [0.15, 0.2) is 27.4 Å². The van der Waals surface area contributed by atoms with Gasteiger partial charge < -0.3 is 14.6 Å². The van der Waals surface area contributed by atoms with Gasteiger partial charge in [-0.2, -0.15) is 0 Å². The van der Waals surface area contributed by atoms with E-state index in [1.54, 1.807) is 0 Å². The second-order valence-electron chi connectivity index (χ2n) is 5.43. The smallest absolute Gasteiger partial charge is 0.408 e. The van der Waals surface area contributed by atoms with Crippen molar-refractivity contribution in [2.45, 2.75) is 12.5 Å². The number of nitrogens with one attached hydrogen (secondary N) is 2. The van der Waals surface area contributed by atoms with E-state index >= 15 is 0 Å². The van der Waals surface area contributed by atoms with Crippen molar-refractivity contribution >= 4 is 11.1 Å². The predicted octanol–water partition coefficient (Wildman–Crippen LogP) is 1.33. The zero-order chi connectivity index (χ0) is 13.4. The van der Waals surface area contributed by atoms with Crippen molar-refractivity contribution in [1.82, 2.24) is 15.2 Å². The molecule has 0 saturated carbocycles. The van der Waals surface area contributed by atoms with Crippen LogP contribution in [0.25, 0.3) is 11.1 Å². The van der Waals surface area contributed by atoms with Crippen molar-refractivity contribution in [2.75, 3.05) is 27.2 Å². The summed E-state index contributed by atoms with van der Waals surface area (Å²) in [6, 6.07) is 6.32. The van der Waals surface area contributed by atoms with Crippen LogP contribution in [-0.2, 0) is 0 Å². The van der Waals surface area contributed by atoms with Gasteiger partial charge in [-0.25, -0.2) is 4.79 Å². The fourth-order valence-electron chi connectivity index (χ4n) is 3.09. The van der Waals surface area contributed by atoms with Crippen LogP contribution in [0.5, 0.6) is 0 Å². The Morgan fingerprint density at radius 1 is 1.42 bits per heavy atom. The third-order valence-electron chi connectivity index (χ3n) is 3.89. The topological polar surface area (TPSA) is 61.3 Å². The van der Waals surface area contributed by atoms with E-state index in [1.807, 2.05) is 12.1 Å². The van der Waals surface area contributed by atoms with Crippen molar-refractivity contribution in [2.24, 2.45) is 5.92 Å². The molecular weight excluding hydrogens is 242 g/mol. The van der Waals surface area contributed by atoms with Crippen molar-refractivity contribution in [1.29, 1.82) is 0 Å². The Kier molecular flexibility index (Phi) is 3.16. The van der Waals surface area contributed by atoms with Gasteiger partial charge in [-0.1, -0.05) is 6.07 Å². The summed E-state index contributed by atoms with van der Waals surface area (Å²) in [5.41, 5.74) is 2.62. The molecule has 1 saturated heterocycles. The molecule has 0 spiro atoms. The van der Waals surface area contributed by atoms with Crippen LogP contribution >= 0.6 is 0 Å². The average molecular weight is 261 g/mol. The third kappa shape index (κ3) is 2.31. The number of H-pyrrole nitrogens is 1. The number of aromatic nitrogens is 1. The number of aromatic amines is 1. The molecule has 5 heteroatoms. The summed E-state index contributed by atoms with van der Waals surface area (Å²) in [7, 11) is 4.20. The van der Waals surface area contributed by atoms with Gasteiger partial charge in [-0.15, -0.1) is 0 Å². The monoisotopic (exact) mass is 261 g/mol. The summed E-state index contributed by atoms with van der Waals surface area (Å²) in [5.74, 6) is 0.210. The van der Waals surface area contributed by atoms with Gasteiger partial charge in [0.25, 0.3) is 0 Å². The van der Waals surface area contributed by atoms with E-state index in [0.29, 0.717) is 17.5 Å². The van der Waals surface area contributed by atoms with Gasteiger partial charge in [-0.05, 0) is 57.2 Å². The Hall–Kier alpha value is -1.59. The lowest BCUT2D eigenvalue weighted by Crippen LogP contribution is -2.28. The molecule has 1 aromatic heterocycles. The van der Waals surface area contributed by atoms with Crippen LogP contribution < -0.4 is 11.1 Å². The van der Waals surface area contributed by atoms with E-state index in [4.69, 9.17) is 4.42 Å². The zero-order valence-corrected chi connectivity index (χ0v) is 11.3. The Labute approximate surface area is 111 Å². The predicted molar refractivity (Wildman–Crippen MR) is 74.2 cm³/mol. The van der Waals surface area contributed by atoms with Gasteiger partial charge in [0.05, 0.1) is 5.52 Å². The van der Waals surface area contributed by atoms with Crippen LogP contribution in [0.4, 0.5) is 0 Å². The fourth-order valence-corrected chi connectivity index (χ4v) is 3.09. The van der Waals surface area contributed by atoms with E-state index in [1.165, 1.54) is 12.0 Å². The lowest BCUT2D eigenvalue weighted by Gasteiger charge is -2.30. The summed E-state index contributed by atoms with van der Waals surface area (Å²) in [6.07, 6.45) is 1.18. The molecule has 0 bridgehead atoms. The summed E-state index contributed by atoms with van der Waals surface area (Å²) in [6.45, 7) is 2.13. The molecule has 1 fully saturated rings. The van der Waals surface area contributed by atoms with E-state index in [2.05, 4.69) is 35.4 Å². The van der Waals surface area contributed by atoms with E-state index in [9.17, 15) is 4.79 Å². The molecule has 2 N–H and O–H groups in total.